The molecule has 1 aliphatic heterocycles. The molecule has 0 bridgehead atoms. The predicted octanol–water partition coefficient (Wildman–Crippen LogP) is 2.58. The second kappa shape index (κ2) is 8.59. The lowest BCUT2D eigenvalue weighted by Gasteiger charge is -2.19. The standard InChI is InChI=1S/C19H21Cl2N3O5/c1-11(13-5-4-12(20)8-14(13)21)22-15(25)10-29-16(26)9-24-17(27)19(23-18(24)28)6-2-3-7-19/h4-5,8,11H,2-3,6-7,9-10H2,1H3,(H,22,25)(H,23,28)/t11-/m0/s1. The van der Waals surface area contributed by atoms with Crippen LogP contribution < -0.4 is 10.6 Å². The van der Waals surface area contributed by atoms with E-state index >= 15 is 0 Å². The van der Waals surface area contributed by atoms with Crippen molar-refractivity contribution < 1.29 is 23.9 Å². The molecule has 2 aliphatic rings. The number of carbonyl (C=O) groups excluding carboxylic acids is 4. The van der Waals surface area contributed by atoms with E-state index in [1.165, 1.54) is 0 Å². The number of carbonyl (C=O) groups is 4. The number of imide groups is 1. The Labute approximate surface area is 177 Å². The van der Waals surface area contributed by atoms with Crippen molar-refractivity contribution in [3.63, 3.8) is 0 Å². The predicted molar refractivity (Wildman–Crippen MR) is 105 cm³/mol. The fraction of sp³-hybridized carbons (Fsp3) is 0.474. The van der Waals surface area contributed by atoms with Crippen molar-refractivity contribution in [3.05, 3.63) is 33.8 Å². The Hall–Kier alpha value is -2.32. The van der Waals surface area contributed by atoms with Gasteiger partial charge in [-0.1, -0.05) is 42.1 Å². The summed E-state index contributed by atoms with van der Waals surface area (Å²) in [7, 11) is 0. The molecular weight excluding hydrogens is 421 g/mol. The minimum Gasteiger partial charge on any atom is -0.454 e. The Balaban J connectivity index is 1.48. The van der Waals surface area contributed by atoms with E-state index in [2.05, 4.69) is 10.6 Å². The summed E-state index contributed by atoms with van der Waals surface area (Å²) in [6, 6.07) is 3.87. The zero-order valence-electron chi connectivity index (χ0n) is 15.8. The van der Waals surface area contributed by atoms with E-state index < -0.39 is 48.5 Å². The van der Waals surface area contributed by atoms with E-state index in [9.17, 15) is 19.2 Å². The molecule has 8 nitrogen and oxygen atoms in total. The van der Waals surface area contributed by atoms with Crippen LogP contribution in [0.2, 0.25) is 10.0 Å². The lowest BCUT2D eigenvalue weighted by atomic mass is 9.98. The number of hydrogen-bond donors (Lipinski definition) is 2. The molecule has 156 valence electrons. The van der Waals surface area contributed by atoms with Gasteiger partial charge in [-0.2, -0.15) is 0 Å². The van der Waals surface area contributed by atoms with Crippen LogP contribution in [0.25, 0.3) is 0 Å². The summed E-state index contributed by atoms with van der Waals surface area (Å²) in [6.45, 7) is 0.657. The molecule has 1 aromatic rings. The molecule has 0 radical (unpaired) electrons. The monoisotopic (exact) mass is 441 g/mol. The quantitative estimate of drug-likeness (QED) is 0.521. The molecule has 1 spiro atoms. The highest BCUT2D eigenvalue weighted by atomic mass is 35.5. The van der Waals surface area contributed by atoms with Gasteiger partial charge in [0.15, 0.2) is 6.61 Å². The van der Waals surface area contributed by atoms with E-state index in [0.717, 1.165) is 17.7 Å². The number of hydrogen-bond acceptors (Lipinski definition) is 5. The first-order chi connectivity index (χ1) is 13.7. The molecule has 1 aromatic carbocycles. The molecule has 1 atom stereocenters. The van der Waals surface area contributed by atoms with Gasteiger partial charge in [0.1, 0.15) is 12.1 Å². The summed E-state index contributed by atoms with van der Waals surface area (Å²) in [4.78, 5) is 49.5. The van der Waals surface area contributed by atoms with Gasteiger partial charge in [0, 0.05) is 10.0 Å². The first-order valence-corrected chi connectivity index (χ1v) is 10.0. The zero-order chi connectivity index (χ0) is 21.2. The first kappa shape index (κ1) is 21.4. The topological polar surface area (TPSA) is 105 Å². The first-order valence-electron chi connectivity index (χ1n) is 9.26. The smallest absolute Gasteiger partial charge is 0.326 e. The van der Waals surface area contributed by atoms with E-state index in [1.807, 2.05) is 0 Å². The van der Waals surface area contributed by atoms with Crippen molar-refractivity contribution in [1.29, 1.82) is 0 Å². The highest BCUT2D eigenvalue weighted by Crippen LogP contribution is 2.34. The summed E-state index contributed by atoms with van der Waals surface area (Å²) in [5, 5.41) is 6.22. The van der Waals surface area contributed by atoms with Crippen LogP contribution in [0.4, 0.5) is 4.79 Å². The van der Waals surface area contributed by atoms with Crippen LogP contribution >= 0.6 is 23.2 Å². The van der Waals surface area contributed by atoms with Gasteiger partial charge in [-0.25, -0.2) is 4.79 Å². The number of ether oxygens (including phenoxy) is 1. The number of halogens is 2. The van der Waals surface area contributed by atoms with E-state index in [1.54, 1.807) is 25.1 Å². The van der Waals surface area contributed by atoms with Gasteiger partial charge in [-0.05, 0) is 37.5 Å². The Morgan fingerprint density at radius 3 is 2.62 bits per heavy atom. The molecule has 4 amide bonds. The van der Waals surface area contributed by atoms with Gasteiger partial charge in [0.25, 0.3) is 11.8 Å². The molecule has 1 saturated carbocycles. The van der Waals surface area contributed by atoms with Crippen molar-refractivity contribution in [1.82, 2.24) is 15.5 Å². The van der Waals surface area contributed by atoms with Gasteiger partial charge in [0.2, 0.25) is 0 Å². The normalized spacial score (nSPS) is 18.7. The number of nitrogens with zero attached hydrogens (tertiary/aromatic N) is 1. The fourth-order valence-electron chi connectivity index (χ4n) is 3.67. The van der Waals surface area contributed by atoms with Crippen LogP contribution in [0, 0.1) is 0 Å². The number of nitrogens with one attached hydrogen (secondary N) is 2. The third-order valence-electron chi connectivity index (χ3n) is 5.16. The van der Waals surface area contributed by atoms with Crippen LogP contribution in [-0.2, 0) is 19.1 Å². The van der Waals surface area contributed by atoms with Crippen molar-refractivity contribution in [2.45, 2.75) is 44.2 Å². The number of urea groups is 1. The molecular formula is C19H21Cl2N3O5. The van der Waals surface area contributed by atoms with Crippen LogP contribution in [-0.4, -0.2) is 47.4 Å². The van der Waals surface area contributed by atoms with Crippen molar-refractivity contribution in [2.24, 2.45) is 0 Å². The summed E-state index contributed by atoms with van der Waals surface area (Å²) in [5.41, 5.74) is -0.223. The average molecular weight is 442 g/mol. The minimum absolute atomic E-state index is 0.404. The number of esters is 1. The maximum Gasteiger partial charge on any atom is 0.326 e. The molecule has 1 aliphatic carbocycles. The molecule has 1 saturated heterocycles. The zero-order valence-corrected chi connectivity index (χ0v) is 17.3. The molecule has 3 rings (SSSR count). The molecule has 2 N–H and O–H groups in total. The lowest BCUT2D eigenvalue weighted by molar-refractivity contribution is -0.151. The largest absolute Gasteiger partial charge is 0.454 e. The van der Waals surface area contributed by atoms with Crippen molar-refractivity contribution in [2.75, 3.05) is 13.2 Å². The Kier molecular flexibility index (Phi) is 6.33. The summed E-state index contributed by atoms with van der Waals surface area (Å²) in [6.07, 6.45) is 2.83. The van der Waals surface area contributed by atoms with Crippen molar-refractivity contribution >= 4 is 47.0 Å². The highest BCUT2D eigenvalue weighted by Gasteiger charge is 2.52. The number of rotatable bonds is 6. The second-order valence-electron chi connectivity index (χ2n) is 7.23. The lowest BCUT2D eigenvalue weighted by Crippen LogP contribution is -2.44. The maximum atomic E-state index is 12.5. The van der Waals surface area contributed by atoms with E-state index in [-0.39, 0.29) is 0 Å². The van der Waals surface area contributed by atoms with Gasteiger partial charge >= 0.3 is 12.0 Å². The van der Waals surface area contributed by atoms with Gasteiger partial charge < -0.3 is 15.4 Å². The molecule has 29 heavy (non-hydrogen) atoms. The third kappa shape index (κ3) is 4.64. The highest BCUT2D eigenvalue weighted by molar-refractivity contribution is 6.35. The summed E-state index contributed by atoms with van der Waals surface area (Å²) >= 11 is 12.0. The Bertz CT molecular complexity index is 854. The SMILES string of the molecule is C[C@H](NC(=O)COC(=O)CN1C(=O)NC2(CCCC2)C1=O)c1ccc(Cl)cc1Cl. The summed E-state index contributed by atoms with van der Waals surface area (Å²) < 4.78 is 4.92. The van der Waals surface area contributed by atoms with E-state index in [0.29, 0.717) is 28.5 Å². The summed E-state index contributed by atoms with van der Waals surface area (Å²) in [5.74, 6) is -1.79. The molecule has 10 heteroatoms. The van der Waals surface area contributed by atoms with E-state index in [4.69, 9.17) is 27.9 Å². The van der Waals surface area contributed by atoms with Crippen LogP contribution in [0.5, 0.6) is 0 Å². The maximum absolute atomic E-state index is 12.5. The van der Waals surface area contributed by atoms with Gasteiger partial charge in [-0.15, -0.1) is 0 Å². The molecule has 2 fully saturated rings. The molecule has 0 aromatic heterocycles. The Morgan fingerprint density at radius 1 is 1.28 bits per heavy atom. The van der Waals surface area contributed by atoms with Crippen LogP contribution in [0.1, 0.15) is 44.2 Å². The number of amides is 4. The van der Waals surface area contributed by atoms with Crippen LogP contribution in [0.3, 0.4) is 0 Å². The van der Waals surface area contributed by atoms with Crippen molar-refractivity contribution in [3.8, 4) is 0 Å². The third-order valence-corrected chi connectivity index (χ3v) is 5.72. The molecule has 1 heterocycles. The number of benzene rings is 1. The minimum atomic E-state index is -0.887. The average Bonchev–Trinajstić information content (AvgIpc) is 3.21. The van der Waals surface area contributed by atoms with Crippen LogP contribution in [0.15, 0.2) is 18.2 Å². The molecule has 0 unspecified atom stereocenters. The van der Waals surface area contributed by atoms with Gasteiger partial charge in [-0.3, -0.25) is 19.3 Å². The van der Waals surface area contributed by atoms with Gasteiger partial charge in [0.05, 0.1) is 6.04 Å². The fourth-order valence-corrected chi connectivity index (χ4v) is 4.24. The Morgan fingerprint density at radius 2 is 1.97 bits per heavy atom. The second-order valence-corrected chi connectivity index (χ2v) is 8.07.